The Morgan fingerprint density at radius 1 is 1.30 bits per heavy atom. The molecule has 1 rings (SSSR count). The summed E-state index contributed by atoms with van der Waals surface area (Å²) in [6, 6.07) is 4.46. The zero-order valence-corrected chi connectivity index (χ0v) is 12.3. The molecule has 0 aliphatic carbocycles. The molecule has 3 N–H and O–H groups in total. The number of nitro groups is 1. The van der Waals surface area contributed by atoms with Gasteiger partial charge in [0.2, 0.25) is 10.0 Å². The highest BCUT2D eigenvalue weighted by Crippen LogP contribution is 2.15. The number of nitrogens with zero attached hydrogens (tertiary/aromatic N) is 1. The zero-order valence-electron chi connectivity index (χ0n) is 11.4. The number of nitrogens with one attached hydrogen (secondary N) is 1. The molecule has 0 aromatic heterocycles. The van der Waals surface area contributed by atoms with E-state index in [9.17, 15) is 18.5 Å². The van der Waals surface area contributed by atoms with Crippen LogP contribution in [0.1, 0.15) is 20.3 Å². The Morgan fingerprint density at radius 2 is 1.85 bits per heavy atom. The van der Waals surface area contributed by atoms with Gasteiger partial charge in [0.25, 0.3) is 5.69 Å². The molecular formula is C12H19N3O4S. The number of benzene rings is 1. The van der Waals surface area contributed by atoms with Gasteiger partial charge in [-0.25, -0.2) is 13.1 Å². The molecule has 0 fully saturated rings. The lowest BCUT2D eigenvalue weighted by atomic mass is 10.1. The van der Waals surface area contributed by atoms with Gasteiger partial charge in [-0.05, 0) is 24.5 Å². The maximum atomic E-state index is 12.0. The average Bonchev–Trinajstić information content (AvgIpc) is 2.36. The summed E-state index contributed by atoms with van der Waals surface area (Å²) in [5, 5.41) is 10.5. The first-order chi connectivity index (χ1) is 9.22. The van der Waals surface area contributed by atoms with Gasteiger partial charge in [0.1, 0.15) is 0 Å². The Bertz CT molecular complexity index is 555. The molecule has 1 unspecified atom stereocenters. The number of nitrogens with two attached hydrogens (primary N) is 1. The minimum Gasteiger partial charge on any atom is -0.327 e. The van der Waals surface area contributed by atoms with Gasteiger partial charge in [0.15, 0.2) is 0 Å². The molecule has 0 aliphatic heterocycles. The van der Waals surface area contributed by atoms with Gasteiger partial charge >= 0.3 is 0 Å². The Kier molecular flexibility index (Phi) is 5.61. The molecule has 0 bridgehead atoms. The highest BCUT2D eigenvalue weighted by Gasteiger charge is 2.17. The number of hydrogen-bond donors (Lipinski definition) is 2. The number of sulfonamides is 1. The van der Waals surface area contributed by atoms with Crippen LogP contribution in [0, 0.1) is 16.0 Å². The first-order valence-corrected chi connectivity index (χ1v) is 7.70. The highest BCUT2D eigenvalue weighted by atomic mass is 32.2. The molecule has 0 spiro atoms. The summed E-state index contributed by atoms with van der Waals surface area (Å²) >= 11 is 0. The lowest BCUT2D eigenvalue weighted by Crippen LogP contribution is -2.37. The number of rotatable bonds is 7. The molecule has 0 saturated carbocycles. The Morgan fingerprint density at radius 3 is 2.30 bits per heavy atom. The van der Waals surface area contributed by atoms with Crippen molar-refractivity contribution in [2.75, 3.05) is 6.54 Å². The average molecular weight is 301 g/mol. The summed E-state index contributed by atoms with van der Waals surface area (Å²) in [6.07, 6.45) is 0.711. The zero-order chi connectivity index (χ0) is 15.3. The summed E-state index contributed by atoms with van der Waals surface area (Å²) in [4.78, 5) is 9.91. The standard InChI is InChI=1S/C12H19N3O4S/c1-9(2)7-10(13)8-14-20(18,19)12-5-3-11(4-6-12)15(16)17/h3-6,9-10,14H,7-8,13H2,1-2H3. The lowest BCUT2D eigenvalue weighted by molar-refractivity contribution is -0.384. The third-order valence-electron chi connectivity index (χ3n) is 2.67. The topological polar surface area (TPSA) is 115 Å². The van der Waals surface area contributed by atoms with E-state index in [-0.39, 0.29) is 23.2 Å². The van der Waals surface area contributed by atoms with E-state index in [0.717, 1.165) is 12.1 Å². The second-order valence-electron chi connectivity index (χ2n) is 4.99. The van der Waals surface area contributed by atoms with Crippen molar-refractivity contribution in [3.8, 4) is 0 Å². The summed E-state index contributed by atoms with van der Waals surface area (Å²) < 4.78 is 26.3. The lowest BCUT2D eigenvalue weighted by Gasteiger charge is -2.14. The molecule has 1 aromatic rings. The van der Waals surface area contributed by atoms with Crippen LogP contribution in [0.3, 0.4) is 0 Å². The fraction of sp³-hybridized carbons (Fsp3) is 0.500. The van der Waals surface area contributed by atoms with Crippen LogP contribution in [-0.4, -0.2) is 25.9 Å². The smallest absolute Gasteiger partial charge is 0.269 e. The van der Waals surface area contributed by atoms with Crippen LogP contribution in [-0.2, 0) is 10.0 Å². The van der Waals surface area contributed by atoms with E-state index in [2.05, 4.69) is 4.72 Å². The van der Waals surface area contributed by atoms with Crippen molar-refractivity contribution < 1.29 is 13.3 Å². The summed E-state index contributed by atoms with van der Waals surface area (Å²) in [5.41, 5.74) is 5.66. The molecule has 0 amide bonds. The van der Waals surface area contributed by atoms with Gasteiger partial charge in [-0.2, -0.15) is 0 Å². The van der Waals surface area contributed by atoms with Gasteiger partial charge in [-0.3, -0.25) is 10.1 Å². The number of nitro benzene ring substituents is 1. The second-order valence-corrected chi connectivity index (χ2v) is 6.76. The van der Waals surface area contributed by atoms with Gasteiger partial charge in [0.05, 0.1) is 9.82 Å². The van der Waals surface area contributed by atoms with Gasteiger partial charge in [0, 0.05) is 24.7 Å². The fourth-order valence-corrected chi connectivity index (χ4v) is 2.83. The van der Waals surface area contributed by atoms with Gasteiger partial charge < -0.3 is 5.73 Å². The number of hydrogen-bond acceptors (Lipinski definition) is 5. The molecule has 0 radical (unpaired) electrons. The molecule has 0 saturated heterocycles. The maximum Gasteiger partial charge on any atom is 0.269 e. The van der Waals surface area contributed by atoms with Crippen LogP contribution in [0.5, 0.6) is 0 Å². The van der Waals surface area contributed by atoms with Crippen LogP contribution in [0.4, 0.5) is 5.69 Å². The van der Waals surface area contributed by atoms with E-state index in [1.807, 2.05) is 13.8 Å². The molecule has 112 valence electrons. The third-order valence-corrected chi connectivity index (χ3v) is 4.11. The molecule has 0 heterocycles. The van der Waals surface area contributed by atoms with Crippen molar-refractivity contribution >= 4 is 15.7 Å². The molecule has 1 aromatic carbocycles. The minimum atomic E-state index is -3.69. The summed E-state index contributed by atoms with van der Waals surface area (Å²) in [7, 11) is -3.69. The Balaban J connectivity index is 2.71. The van der Waals surface area contributed by atoms with E-state index in [1.54, 1.807) is 0 Å². The molecule has 0 aliphatic rings. The van der Waals surface area contributed by atoms with Gasteiger partial charge in [-0.1, -0.05) is 13.8 Å². The molecular weight excluding hydrogens is 282 g/mol. The molecule has 8 heteroatoms. The van der Waals surface area contributed by atoms with Crippen molar-refractivity contribution in [3.63, 3.8) is 0 Å². The number of non-ortho nitro benzene ring substituents is 1. The Hall–Kier alpha value is -1.51. The summed E-state index contributed by atoms with van der Waals surface area (Å²) in [6.45, 7) is 4.15. The van der Waals surface area contributed by atoms with Crippen LogP contribution >= 0.6 is 0 Å². The van der Waals surface area contributed by atoms with E-state index < -0.39 is 14.9 Å². The normalized spacial score (nSPS) is 13.4. The minimum absolute atomic E-state index is 0.0140. The van der Waals surface area contributed by atoms with E-state index in [1.165, 1.54) is 12.1 Å². The molecule has 20 heavy (non-hydrogen) atoms. The van der Waals surface area contributed by atoms with Crippen molar-refractivity contribution in [2.24, 2.45) is 11.7 Å². The van der Waals surface area contributed by atoms with Crippen molar-refractivity contribution in [1.29, 1.82) is 0 Å². The van der Waals surface area contributed by atoms with Crippen LogP contribution in [0.15, 0.2) is 29.2 Å². The fourth-order valence-electron chi connectivity index (χ4n) is 1.74. The van der Waals surface area contributed by atoms with Crippen LogP contribution in [0.2, 0.25) is 0 Å². The monoisotopic (exact) mass is 301 g/mol. The quantitative estimate of drug-likeness (QED) is 0.581. The SMILES string of the molecule is CC(C)CC(N)CNS(=O)(=O)c1ccc([N+](=O)[O-])cc1. The molecule has 1 atom stereocenters. The Labute approximate surface area is 118 Å². The van der Waals surface area contributed by atoms with Crippen LogP contribution < -0.4 is 10.5 Å². The molecule has 7 nitrogen and oxygen atoms in total. The predicted octanol–water partition coefficient (Wildman–Crippen LogP) is 1.25. The van der Waals surface area contributed by atoms with Crippen LogP contribution in [0.25, 0.3) is 0 Å². The third kappa shape index (κ3) is 4.87. The first-order valence-electron chi connectivity index (χ1n) is 6.22. The predicted molar refractivity (Wildman–Crippen MR) is 75.7 cm³/mol. The van der Waals surface area contributed by atoms with E-state index in [0.29, 0.717) is 12.3 Å². The second kappa shape index (κ2) is 6.78. The van der Waals surface area contributed by atoms with Crippen molar-refractivity contribution in [1.82, 2.24) is 4.72 Å². The highest BCUT2D eigenvalue weighted by molar-refractivity contribution is 7.89. The van der Waals surface area contributed by atoms with Crippen molar-refractivity contribution in [2.45, 2.75) is 31.2 Å². The first kappa shape index (κ1) is 16.5. The van der Waals surface area contributed by atoms with E-state index in [4.69, 9.17) is 5.73 Å². The van der Waals surface area contributed by atoms with E-state index >= 15 is 0 Å². The van der Waals surface area contributed by atoms with Crippen molar-refractivity contribution in [3.05, 3.63) is 34.4 Å². The van der Waals surface area contributed by atoms with Gasteiger partial charge in [-0.15, -0.1) is 0 Å². The summed E-state index contributed by atoms with van der Waals surface area (Å²) in [5.74, 6) is 0.383. The maximum absolute atomic E-state index is 12.0. The largest absolute Gasteiger partial charge is 0.327 e.